The van der Waals surface area contributed by atoms with Crippen LogP contribution < -0.4 is 15.5 Å². The van der Waals surface area contributed by atoms with Gasteiger partial charge < -0.3 is 20.3 Å². The van der Waals surface area contributed by atoms with Crippen LogP contribution in [0.3, 0.4) is 0 Å². The molecule has 7 heteroatoms. The molecule has 0 unspecified atom stereocenters. The molecule has 0 saturated carbocycles. The summed E-state index contributed by atoms with van der Waals surface area (Å²) in [5.74, 6) is 0.113. The van der Waals surface area contributed by atoms with Crippen LogP contribution in [0.1, 0.15) is 30.6 Å². The van der Waals surface area contributed by atoms with Crippen molar-refractivity contribution < 1.29 is 14.3 Å². The number of hydrogen-bond donors (Lipinski definition) is 2. The number of anilines is 2. The Hall–Kier alpha value is -2.12. The summed E-state index contributed by atoms with van der Waals surface area (Å²) >= 11 is 0. The highest BCUT2D eigenvalue weighted by Crippen LogP contribution is 2.23. The standard InChI is InChI=1S/C20H32N4O3/c1-15(2)13-19(25)22-16-5-6-18(23(3)4)17(14-16)20(26)21-7-8-24-9-11-27-12-10-24/h5-6,14-15H,7-13H2,1-4H3,(H,21,26)(H,22,25). The molecule has 150 valence electrons. The number of benzene rings is 1. The highest BCUT2D eigenvalue weighted by atomic mass is 16.5. The Labute approximate surface area is 162 Å². The highest BCUT2D eigenvalue weighted by Gasteiger charge is 2.16. The van der Waals surface area contributed by atoms with Gasteiger partial charge in [-0.15, -0.1) is 0 Å². The first-order chi connectivity index (χ1) is 12.9. The van der Waals surface area contributed by atoms with Gasteiger partial charge in [-0.1, -0.05) is 13.8 Å². The average molecular weight is 377 g/mol. The molecular weight excluding hydrogens is 344 g/mol. The number of nitrogens with zero attached hydrogens (tertiary/aromatic N) is 2. The van der Waals surface area contributed by atoms with Crippen LogP contribution in [0.5, 0.6) is 0 Å². The van der Waals surface area contributed by atoms with E-state index in [1.165, 1.54) is 0 Å². The SMILES string of the molecule is CC(C)CC(=O)Nc1ccc(N(C)C)c(C(=O)NCCN2CCOCC2)c1. The molecule has 7 nitrogen and oxygen atoms in total. The molecule has 1 aliphatic heterocycles. The van der Waals surface area contributed by atoms with Crippen LogP contribution >= 0.6 is 0 Å². The molecule has 2 amide bonds. The van der Waals surface area contributed by atoms with Crippen LogP contribution in [-0.2, 0) is 9.53 Å². The van der Waals surface area contributed by atoms with Gasteiger partial charge in [0.15, 0.2) is 0 Å². The highest BCUT2D eigenvalue weighted by molar-refractivity contribution is 6.02. The van der Waals surface area contributed by atoms with E-state index in [0.717, 1.165) is 38.5 Å². The van der Waals surface area contributed by atoms with Crippen molar-refractivity contribution in [2.24, 2.45) is 5.92 Å². The topological polar surface area (TPSA) is 73.9 Å². The quantitative estimate of drug-likeness (QED) is 0.724. The Morgan fingerprint density at radius 2 is 1.93 bits per heavy atom. The smallest absolute Gasteiger partial charge is 0.253 e. The normalized spacial score (nSPS) is 14.9. The Bertz CT molecular complexity index is 640. The van der Waals surface area contributed by atoms with Crippen LogP contribution in [0.2, 0.25) is 0 Å². The fourth-order valence-electron chi connectivity index (χ4n) is 3.02. The van der Waals surface area contributed by atoms with E-state index in [0.29, 0.717) is 24.2 Å². The summed E-state index contributed by atoms with van der Waals surface area (Å²) in [6.07, 6.45) is 0.455. The second-order valence-electron chi connectivity index (χ2n) is 7.48. The zero-order valence-corrected chi connectivity index (χ0v) is 16.9. The van der Waals surface area contributed by atoms with Crippen molar-refractivity contribution in [1.82, 2.24) is 10.2 Å². The van der Waals surface area contributed by atoms with Crippen molar-refractivity contribution >= 4 is 23.2 Å². The molecule has 1 aromatic rings. The maximum absolute atomic E-state index is 12.7. The molecule has 0 bridgehead atoms. The number of ether oxygens (including phenoxy) is 1. The van der Waals surface area contributed by atoms with Gasteiger partial charge in [0.1, 0.15) is 0 Å². The van der Waals surface area contributed by atoms with E-state index >= 15 is 0 Å². The van der Waals surface area contributed by atoms with Crippen LogP contribution in [0.25, 0.3) is 0 Å². The molecule has 0 spiro atoms. The Morgan fingerprint density at radius 1 is 1.22 bits per heavy atom. The molecule has 0 atom stereocenters. The maximum Gasteiger partial charge on any atom is 0.253 e. The molecule has 0 aliphatic carbocycles. The maximum atomic E-state index is 12.7. The largest absolute Gasteiger partial charge is 0.379 e. The van der Waals surface area contributed by atoms with E-state index < -0.39 is 0 Å². The lowest BCUT2D eigenvalue weighted by atomic mass is 10.1. The van der Waals surface area contributed by atoms with Crippen molar-refractivity contribution in [3.63, 3.8) is 0 Å². The monoisotopic (exact) mass is 376 g/mol. The lowest BCUT2D eigenvalue weighted by Gasteiger charge is -2.26. The van der Waals surface area contributed by atoms with Gasteiger partial charge in [-0.05, 0) is 24.1 Å². The first-order valence-electron chi connectivity index (χ1n) is 9.56. The molecule has 1 aromatic carbocycles. The molecule has 2 N–H and O–H groups in total. The zero-order chi connectivity index (χ0) is 19.8. The van der Waals surface area contributed by atoms with Crippen LogP contribution in [0.15, 0.2) is 18.2 Å². The van der Waals surface area contributed by atoms with E-state index in [1.807, 2.05) is 45.0 Å². The van der Waals surface area contributed by atoms with Crippen molar-refractivity contribution in [2.75, 3.05) is 63.7 Å². The van der Waals surface area contributed by atoms with Gasteiger partial charge in [0.25, 0.3) is 5.91 Å². The third-order valence-electron chi connectivity index (χ3n) is 4.42. The van der Waals surface area contributed by atoms with Gasteiger partial charge in [-0.3, -0.25) is 14.5 Å². The van der Waals surface area contributed by atoms with Crippen LogP contribution in [0, 0.1) is 5.92 Å². The molecule has 1 heterocycles. The lowest BCUT2D eigenvalue weighted by molar-refractivity contribution is -0.116. The third-order valence-corrected chi connectivity index (χ3v) is 4.42. The van der Waals surface area contributed by atoms with Crippen molar-refractivity contribution in [3.05, 3.63) is 23.8 Å². The number of hydrogen-bond acceptors (Lipinski definition) is 5. The summed E-state index contributed by atoms with van der Waals surface area (Å²) in [5, 5.41) is 5.88. The summed E-state index contributed by atoms with van der Waals surface area (Å²) in [4.78, 5) is 28.9. The molecule has 1 fully saturated rings. The summed E-state index contributed by atoms with van der Waals surface area (Å²) in [6, 6.07) is 5.44. The Balaban J connectivity index is 2.01. The predicted molar refractivity (Wildman–Crippen MR) is 108 cm³/mol. The van der Waals surface area contributed by atoms with Gasteiger partial charge in [-0.25, -0.2) is 0 Å². The van der Waals surface area contributed by atoms with Crippen LogP contribution in [0.4, 0.5) is 11.4 Å². The molecule has 1 aliphatic rings. The summed E-state index contributed by atoms with van der Waals surface area (Å²) < 4.78 is 5.34. The Kier molecular flexibility index (Phi) is 8.06. The van der Waals surface area contributed by atoms with Gasteiger partial charge in [0.2, 0.25) is 5.91 Å². The van der Waals surface area contributed by atoms with Crippen molar-refractivity contribution in [2.45, 2.75) is 20.3 Å². The average Bonchev–Trinajstić information content (AvgIpc) is 2.61. The van der Waals surface area contributed by atoms with Gasteiger partial charge in [-0.2, -0.15) is 0 Å². The molecule has 27 heavy (non-hydrogen) atoms. The number of amides is 2. The number of carbonyl (C=O) groups is 2. The number of carbonyl (C=O) groups excluding carboxylic acids is 2. The lowest BCUT2D eigenvalue weighted by Crippen LogP contribution is -2.41. The zero-order valence-electron chi connectivity index (χ0n) is 16.9. The molecule has 0 radical (unpaired) electrons. The minimum Gasteiger partial charge on any atom is -0.379 e. The minimum absolute atomic E-state index is 0.0405. The summed E-state index contributed by atoms with van der Waals surface area (Å²) in [6.45, 7) is 8.68. The molecule has 0 aromatic heterocycles. The van der Waals surface area contributed by atoms with E-state index in [1.54, 1.807) is 6.07 Å². The van der Waals surface area contributed by atoms with E-state index in [9.17, 15) is 9.59 Å². The van der Waals surface area contributed by atoms with Gasteiger partial charge >= 0.3 is 0 Å². The minimum atomic E-state index is -0.132. The van der Waals surface area contributed by atoms with Crippen LogP contribution in [-0.4, -0.2) is 70.2 Å². The summed E-state index contributed by atoms with van der Waals surface area (Å²) in [5.41, 5.74) is 2.02. The third kappa shape index (κ3) is 6.84. The fourth-order valence-corrected chi connectivity index (χ4v) is 3.02. The Morgan fingerprint density at radius 3 is 2.56 bits per heavy atom. The second-order valence-corrected chi connectivity index (χ2v) is 7.48. The van der Waals surface area contributed by atoms with Gasteiger partial charge in [0, 0.05) is 58.1 Å². The summed E-state index contributed by atoms with van der Waals surface area (Å²) in [7, 11) is 3.80. The van der Waals surface area contributed by atoms with E-state index in [2.05, 4.69) is 15.5 Å². The predicted octanol–water partition coefficient (Wildman–Crippen LogP) is 1.80. The van der Waals surface area contributed by atoms with Gasteiger partial charge in [0.05, 0.1) is 18.8 Å². The van der Waals surface area contributed by atoms with Crippen molar-refractivity contribution in [3.8, 4) is 0 Å². The van der Waals surface area contributed by atoms with E-state index in [-0.39, 0.29) is 17.7 Å². The first kappa shape index (κ1) is 21.2. The number of nitrogens with one attached hydrogen (secondary N) is 2. The molecular formula is C20H32N4O3. The number of morpholine rings is 1. The molecule has 1 saturated heterocycles. The fraction of sp³-hybridized carbons (Fsp3) is 0.600. The van der Waals surface area contributed by atoms with Crippen molar-refractivity contribution in [1.29, 1.82) is 0 Å². The number of rotatable bonds is 8. The second kappa shape index (κ2) is 10.3. The molecule has 2 rings (SSSR count). The van der Waals surface area contributed by atoms with E-state index in [4.69, 9.17) is 4.74 Å². The first-order valence-corrected chi connectivity index (χ1v) is 9.56.